The highest BCUT2D eigenvalue weighted by molar-refractivity contribution is 5.54. The summed E-state index contributed by atoms with van der Waals surface area (Å²) in [6.45, 7) is 8.97. The van der Waals surface area contributed by atoms with Gasteiger partial charge in [0, 0.05) is 6.54 Å². The molecular weight excluding hydrogens is 238 g/mol. The van der Waals surface area contributed by atoms with E-state index >= 15 is 0 Å². The van der Waals surface area contributed by atoms with Gasteiger partial charge in [0.15, 0.2) is 0 Å². The quantitative estimate of drug-likeness (QED) is 0.910. The minimum atomic E-state index is 0.516. The molecule has 0 aliphatic carbocycles. The summed E-state index contributed by atoms with van der Waals surface area (Å²) < 4.78 is 7.64. The second kappa shape index (κ2) is 5.34. The summed E-state index contributed by atoms with van der Waals surface area (Å²) in [5.41, 5.74) is 8.70. The number of hydrogen-bond acceptors (Lipinski definition) is 3. The summed E-state index contributed by atoms with van der Waals surface area (Å²) >= 11 is 0. The van der Waals surface area contributed by atoms with Crippen LogP contribution < -0.4 is 10.5 Å². The highest BCUT2D eigenvalue weighted by Crippen LogP contribution is 2.30. The molecule has 4 heteroatoms. The van der Waals surface area contributed by atoms with E-state index in [1.807, 2.05) is 26.0 Å². The summed E-state index contributed by atoms with van der Waals surface area (Å²) in [7, 11) is 0. The summed E-state index contributed by atoms with van der Waals surface area (Å²) in [5.74, 6) is 1.92. The molecule has 2 aromatic rings. The topological polar surface area (TPSA) is 53.1 Å². The molecular formula is C15H21N3O. The van der Waals surface area contributed by atoms with Crippen molar-refractivity contribution in [3.8, 4) is 11.6 Å². The van der Waals surface area contributed by atoms with Crippen molar-refractivity contribution >= 4 is 5.69 Å². The molecule has 2 N–H and O–H groups in total. The molecule has 1 heterocycles. The largest absolute Gasteiger partial charge is 0.437 e. The number of ether oxygens (including phenoxy) is 1. The molecule has 4 nitrogen and oxygen atoms in total. The SMILES string of the molecule is CCn1nc(C)c(N)c1Oc1ccc(C(C)C)cc1. The van der Waals surface area contributed by atoms with Crippen molar-refractivity contribution in [3.05, 3.63) is 35.5 Å². The van der Waals surface area contributed by atoms with Crippen LogP contribution in [0, 0.1) is 6.92 Å². The summed E-state index contributed by atoms with van der Waals surface area (Å²) in [4.78, 5) is 0. The van der Waals surface area contributed by atoms with E-state index in [-0.39, 0.29) is 0 Å². The van der Waals surface area contributed by atoms with E-state index in [4.69, 9.17) is 10.5 Å². The van der Waals surface area contributed by atoms with Crippen LogP contribution in [0.4, 0.5) is 5.69 Å². The zero-order valence-corrected chi connectivity index (χ0v) is 12.0. The van der Waals surface area contributed by atoms with Crippen molar-refractivity contribution in [1.29, 1.82) is 0 Å². The molecule has 19 heavy (non-hydrogen) atoms. The van der Waals surface area contributed by atoms with Crippen molar-refractivity contribution in [3.63, 3.8) is 0 Å². The van der Waals surface area contributed by atoms with Gasteiger partial charge in [0.25, 0.3) is 0 Å². The fourth-order valence-corrected chi connectivity index (χ4v) is 1.93. The van der Waals surface area contributed by atoms with Gasteiger partial charge in [-0.2, -0.15) is 5.10 Å². The van der Waals surface area contributed by atoms with Crippen molar-refractivity contribution < 1.29 is 4.74 Å². The van der Waals surface area contributed by atoms with Crippen molar-refractivity contribution in [2.45, 2.75) is 40.2 Å². The number of aryl methyl sites for hydroxylation is 2. The number of aromatic nitrogens is 2. The fourth-order valence-electron chi connectivity index (χ4n) is 1.93. The Morgan fingerprint density at radius 2 is 1.89 bits per heavy atom. The standard InChI is InChI=1S/C15H21N3O/c1-5-18-15(14(16)11(4)17-18)19-13-8-6-12(7-9-13)10(2)3/h6-10H,5,16H2,1-4H3. The molecule has 0 unspecified atom stereocenters. The first-order chi connectivity index (χ1) is 9.02. The van der Waals surface area contributed by atoms with Crippen LogP contribution in [-0.2, 0) is 6.54 Å². The van der Waals surface area contributed by atoms with Crippen LogP contribution in [0.25, 0.3) is 0 Å². The molecule has 0 saturated carbocycles. The first-order valence-electron chi connectivity index (χ1n) is 6.63. The number of nitrogens with zero attached hydrogens (tertiary/aromatic N) is 2. The van der Waals surface area contributed by atoms with Gasteiger partial charge in [0.1, 0.15) is 11.4 Å². The first kappa shape index (κ1) is 13.5. The van der Waals surface area contributed by atoms with Crippen molar-refractivity contribution in [1.82, 2.24) is 9.78 Å². The Kier molecular flexibility index (Phi) is 3.79. The Hall–Kier alpha value is -1.97. The van der Waals surface area contributed by atoms with Crippen molar-refractivity contribution in [2.24, 2.45) is 0 Å². The van der Waals surface area contributed by atoms with E-state index in [9.17, 15) is 0 Å². The molecule has 0 fully saturated rings. The lowest BCUT2D eigenvalue weighted by molar-refractivity contribution is 0.418. The lowest BCUT2D eigenvalue weighted by Crippen LogP contribution is -2.01. The molecule has 0 saturated heterocycles. The fraction of sp³-hybridized carbons (Fsp3) is 0.400. The van der Waals surface area contributed by atoms with E-state index in [0.29, 0.717) is 17.5 Å². The van der Waals surface area contributed by atoms with Gasteiger partial charge < -0.3 is 10.5 Å². The lowest BCUT2D eigenvalue weighted by atomic mass is 10.0. The van der Waals surface area contributed by atoms with Gasteiger partial charge in [0.05, 0.1) is 5.69 Å². The van der Waals surface area contributed by atoms with Crippen LogP contribution in [0.1, 0.15) is 37.9 Å². The van der Waals surface area contributed by atoms with Gasteiger partial charge in [-0.3, -0.25) is 0 Å². The number of hydrogen-bond donors (Lipinski definition) is 1. The Bertz CT molecular complexity index is 556. The van der Waals surface area contributed by atoms with Crippen LogP contribution in [0.15, 0.2) is 24.3 Å². The van der Waals surface area contributed by atoms with Gasteiger partial charge in [-0.05, 0) is 37.5 Å². The Morgan fingerprint density at radius 3 is 2.42 bits per heavy atom. The highest BCUT2D eigenvalue weighted by Gasteiger charge is 2.13. The van der Waals surface area contributed by atoms with E-state index in [1.54, 1.807) is 4.68 Å². The molecule has 0 amide bonds. The third-order valence-corrected chi connectivity index (χ3v) is 3.19. The zero-order valence-electron chi connectivity index (χ0n) is 12.0. The third kappa shape index (κ3) is 2.72. The van der Waals surface area contributed by atoms with Crippen LogP contribution in [0.5, 0.6) is 11.6 Å². The van der Waals surface area contributed by atoms with E-state index in [0.717, 1.165) is 18.0 Å². The van der Waals surface area contributed by atoms with Crippen LogP contribution >= 0.6 is 0 Å². The summed E-state index contributed by atoms with van der Waals surface area (Å²) in [5, 5.41) is 4.34. The summed E-state index contributed by atoms with van der Waals surface area (Å²) in [6, 6.07) is 8.10. The lowest BCUT2D eigenvalue weighted by Gasteiger charge is -2.10. The van der Waals surface area contributed by atoms with E-state index in [2.05, 4.69) is 31.1 Å². The van der Waals surface area contributed by atoms with Gasteiger partial charge >= 0.3 is 0 Å². The van der Waals surface area contributed by atoms with Crippen LogP contribution in [0.2, 0.25) is 0 Å². The molecule has 0 spiro atoms. The Morgan fingerprint density at radius 1 is 1.26 bits per heavy atom. The maximum absolute atomic E-state index is 6.00. The molecule has 1 aromatic carbocycles. The van der Waals surface area contributed by atoms with Gasteiger partial charge in [0.2, 0.25) is 5.88 Å². The molecule has 102 valence electrons. The second-order valence-electron chi connectivity index (χ2n) is 4.95. The summed E-state index contributed by atoms with van der Waals surface area (Å²) in [6.07, 6.45) is 0. The Balaban J connectivity index is 2.26. The van der Waals surface area contributed by atoms with E-state index < -0.39 is 0 Å². The highest BCUT2D eigenvalue weighted by atomic mass is 16.5. The number of anilines is 1. The predicted octanol–water partition coefficient (Wildman–Crippen LogP) is 3.71. The van der Waals surface area contributed by atoms with Crippen molar-refractivity contribution in [2.75, 3.05) is 5.73 Å². The number of rotatable bonds is 4. The average Bonchev–Trinajstić information content (AvgIpc) is 2.67. The molecule has 0 atom stereocenters. The monoisotopic (exact) mass is 259 g/mol. The molecule has 1 aromatic heterocycles. The zero-order chi connectivity index (χ0) is 14.0. The molecule has 0 aliphatic heterocycles. The molecule has 0 aliphatic rings. The molecule has 0 bridgehead atoms. The average molecular weight is 259 g/mol. The van der Waals surface area contributed by atoms with Gasteiger partial charge in [-0.25, -0.2) is 4.68 Å². The maximum atomic E-state index is 6.00. The molecule has 2 rings (SSSR count). The normalized spacial score (nSPS) is 11.0. The number of benzene rings is 1. The number of nitrogens with two attached hydrogens (primary N) is 1. The first-order valence-corrected chi connectivity index (χ1v) is 6.63. The van der Waals surface area contributed by atoms with E-state index in [1.165, 1.54) is 5.56 Å². The predicted molar refractivity (Wildman–Crippen MR) is 77.7 cm³/mol. The maximum Gasteiger partial charge on any atom is 0.241 e. The number of nitrogen functional groups attached to an aromatic ring is 1. The minimum absolute atomic E-state index is 0.516. The van der Waals surface area contributed by atoms with Crippen LogP contribution in [-0.4, -0.2) is 9.78 Å². The molecule has 0 radical (unpaired) electrons. The minimum Gasteiger partial charge on any atom is -0.437 e. The smallest absolute Gasteiger partial charge is 0.241 e. The van der Waals surface area contributed by atoms with Gasteiger partial charge in [-0.1, -0.05) is 26.0 Å². The van der Waals surface area contributed by atoms with Crippen LogP contribution in [0.3, 0.4) is 0 Å². The Labute approximate surface area is 114 Å². The second-order valence-corrected chi connectivity index (χ2v) is 4.95. The third-order valence-electron chi connectivity index (χ3n) is 3.19. The van der Waals surface area contributed by atoms with Gasteiger partial charge in [-0.15, -0.1) is 0 Å².